The van der Waals surface area contributed by atoms with Gasteiger partial charge in [-0.15, -0.1) is 0 Å². The van der Waals surface area contributed by atoms with Crippen molar-refractivity contribution in [3.05, 3.63) is 93.5 Å². The van der Waals surface area contributed by atoms with Crippen molar-refractivity contribution in [2.24, 2.45) is 0 Å². The molecule has 0 aliphatic rings. The van der Waals surface area contributed by atoms with Crippen LogP contribution in [-0.4, -0.2) is 30.5 Å². The van der Waals surface area contributed by atoms with Crippen LogP contribution < -0.4 is 20.1 Å². The number of carbonyl (C=O) groups excluding carboxylic acids is 2. The Labute approximate surface area is 206 Å². The normalized spacial score (nSPS) is 10.6. The van der Waals surface area contributed by atoms with E-state index in [1.165, 1.54) is 37.5 Å². The number of hydrogen-bond acceptors (Lipinski definition) is 7. The van der Waals surface area contributed by atoms with Crippen LogP contribution in [0.1, 0.15) is 11.1 Å². The predicted octanol–water partition coefficient (Wildman–Crippen LogP) is 4.48. The van der Waals surface area contributed by atoms with Gasteiger partial charge in [-0.1, -0.05) is 24.3 Å². The summed E-state index contributed by atoms with van der Waals surface area (Å²) in [5.41, 5.74) is 1.89. The van der Waals surface area contributed by atoms with Crippen molar-refractivity contribution in [2.75, 3.05) is 24.4 Å². The molecule has 0 aliphatic heterocycles. The molecule has 0 aliphatic carbocycles. The molecule has 0 bridgehead atoms. The Morgan fingerprint density at radius 3 is 2.42 bits per heavy atom. The third-order valence-corrected chi connectivity index (χ3v) is 4.84. The second-order valence-corrected chi connectivity index (χ2v) is 7.55. The predicted molar refractivity (Wildman–Crippen MR) is 134 cm³/mol. The van der Waals surface area contributed by atoms with Crippen LogP contribution in [0, 0.1) is 28.4 Å². The Morgan fingerprint density at radius 1 is 1.03 bits per heavy atom. The van der Waals surface area contributed by atoms with Crippen LogP contribution >= 0.6 is 0 Å². The minimum Gasteiger partial charge on any atom is -0.493 e. The van der Waals surface area contributed by atoms with Crippen molar-refractivity contribution in [3.63, 3.8) is 0 Å². The molecule has 0 aromatic heterocycles. The van der Waals surface area contributed by atoms with Crippen molar-refractivity contribution in [3.8, 4) is 17.6 Å². The fourth-order valence-electron chi connectivity index (χ4n) is 3.17. The summed E-state index contributed by atoms with van der Waals surface area (Å²) >= 11 is 0. The number of nitro groups is 1. The summed E-state index contributed by atoms with van der Waals surface area (Å²) in [6, 6.07) is 19.3. The molecule has 10 heteroatoms. The molecule has 10 nitrogen and oxygen atoms in total. The van der Waals surface area contributed by atoms with Crippen LogP contribution in [0.15, 0.2) is 72.3 Å². The zero-order valence-electron chi connectivity index (χ0n) is 19.5. The van der Waals surface area contributed by atoms with Gasteiger partial charge in [-0.3, -0.25) is 19.7 Å². The molecular weight excluding hydrogens is 464 g/mol. The molecule has 0 fully saturated rings. The van der Waals surface area contributed by atoms with Crippen molar-refractivity contribution in [1.29, 1.82) is 5.26 Å². The quantitative estimate of drug-likeness (QED) is 0.196. The molecule has 0 radical (unpaired) electrons. The number of anilines is 2. The van der Waals surface area contributed by atoms with E-state index in [4.69, 9.17) is 9.47 Å². The summed E-state index contributed by atoms with van der Waals surface area (Å²) < 4.78 is 10.9. The van der Waals surface area contributed by atoms with Gasteiger partial charge in [0.25, 0.3) is 17.5 Å². The van der Waals surface area contributed by atoms with Gasteiger partial charge in [0, 0.05) is 23.5 Å². The average Bonchev–Trinajstić information content (AvgIpc) is 2.86. The lowest BCUT2D eigenvalue weighted by molar-refractivity contribution is -0.384. The van der Waals surface area contributed by atoms with Gasteiger partial charge in [0.2, 0.25) is 0 Å². The molecule has 2 amide bonds. The SMILES string of the molecule is COc1cc(/C=C(/C#N)C(=O)Nc2cccc([N+](=O)[O-])c2)ccc1OCC(=O)Nc1cccc(C)c1. The van der Waals surface area contributed by atoms with E-state index in [2.05, 4.69) is 10.6 Å². The van der Waals surface area contributed by atoms with Gasteiger partial charge in [0.1, 0.15) is 11.6 Å². The fraction of sp³-hybridized carbons (Fsp3) is 0.115. The maximum atomic E-state index is 12.5. The van der Waals surface area contributed by atoms with Gasteiger partial charge in [0.15, 0.2) is 18.1 Å². The minimum absolute atomic E-state index is 0.181. The van der Waals surface area contributed by atoms with E-state index >= 15 is 0 Å². The second-order valence-electron chi connectivity index (χ2n) is 7.55. The summed E-state index contributed by atoms with van der Waals surface area (Å²) in [7, 11) is 1.42. The molecule has 182 valence electrons. The highest BCUT2D eigenvalue weighted by Gasteiger charge is 2.14. The number of rotatable bonds is 9. The van der Waals surface area contributed by atoms with Gasteiger partial charge in [-0.05, 0) is 54.5 Å². The Hall–Kier alpha value is -5.17. The number of amides is 2. The number of nitrogens with zero attached hydrogens (tertiary/aromatic N) is 2. The summed E-state index contributed by atoms with van der Waals surface area (Å²) in [5.74, 6) is -0.488. The smallest absolute Gasteiger partial charge is 0.271 e. The first kappa shape index (κ1) is 25.5. The lowest BCUT2D eigenvalue weighted by atomic mass is 10.1. The first-order valence-corrected chi connectivity index (χ1v) is 10.6. The summed E-state index contributed by atoms with van der Waals surface area (Å²) in [4.78, 5) is 35.1. The molecule has 36 heavy (non-hydrogen) atoms. The van der Waals surface area contributed by atoms with E-state index in [-0.39, 0.29) is 29.5 Å². The topological polar surface area (TPSA) is 144 Å². The van der Waals surface area contributed by atoms with E-state index in [1.54, 1.807) is 24.3 Å². The molecule has 0 heterocycles. The van der Waals surface area contributed by atoms with Crippen molar-refractivity contribution in [1.82, 2.24) is 0 Å². The van der Waals surface area contributed by atoms with Crippen LogP contribution in [0.5, 0.6) is 11.5 Å². The van der Waals surface area contributed by atoms with Gasteiger partial charge in [0.05, 0.1) is 12.0 Å². The Bertz CT molecular complexity index is 1380. The maximum Gasteiger partial charge on any atom is 0.271 e. The maximum absolute atomic E-state index is 12.5. The number of hydrogen-bond donors (Lipinski definition) is 2. The highest BCUT2D eigenvalue weighted by molar-refractivity contribution is 6.09. The molecular formula is C26H22N4O6. The summed E-state index contributed by atoms with van der Waals surface area (Å²) in [5, 5.41) is 25.6. The second kappa shape index (κ2) is 11.8. The van der Waals surface area contributed by atoms with Crippen LogP contribution in [0.4, 0.5) is 17.1 Å². The lowest BCUT2D eigenvalue weighted by Crippen LogP contribution is -2.20. The first-order valence-electron chi connectivity index (χ1n) is 10.6. The van der Waals surface area contributed by atoms with E-state index in [9.17, 15) is 25.0 Å². The standard InChI is InChI=1S/C26H22N4O6/c1-17-5-3-6-20(11-17)28-25(31)16-36-23-10-9-18(13-24(23)35-2)12-19(15-27)26(32)29-21-7-4-8-22(14-21)30(33)34/h3-14H,16H2,1-2H3,(H,28,31)(H,29,32)/b19-12-. The lowest BCUT2D eigenvalue weighted by Gasteiger charge is -2.12. The zero-order chi connectivity index (χ0) is 26.1. The number of methoxy groups -OCH3 is 1. The Morgan fingerprint density at radius 2 is 1.75 bits per heavy atom. The zero-order valence-corrected chi connectivity index (χ0v) is 19.5. The molecule has 0 saturated carbocycles. The third kappa shape index (κ3) is 6.91. The number of aryl methyl sites for hydroxylation is 1. The molecule has 2 N–H and O–H groups in total. The third-order valence-electron chi connectivity index (χ3n) is 4.84. The molecule has 3 aromatic rings. The van der Waals surface area contributed by atoms with Crippen molar-refractivity contribution >= 4 is 35.0 Å². The van der Waals surface area contributed by atoms with Crippen LogP contribution in [0.2, 0.25) is 0 Å². The molecule has 0 atom stereocenters. The van der Waals surface area contributed by atoms with Crippen LogP contribution in [0.3, 0.4) is 0 Å². The number of ether oxygens (including phenoxy) is 2. The molecule has 3 rings (SSSR count). The highest BCUT2D eigenvalue weighted by atomic mass is 16.6. The number of non-ortho nitro benzene ring substituents is 1. The van der Waals surface area contributed by atoms with E-state index in [1.807, 2.05) is 31.2 Å². The average molecular weight is 486 g/mol. The summed E-state index contributed by atoms with van der Waals surface area (Å²) in [6.07, 6.45) is 1.34. The monoisotopic (exact) mass is 486 g/mol. The van der Waals surface area contributed by atoms with Crippen molar-refractivity contribution < 1.29 is 24.0 Å². The van der Waals surface area contributed by atoms with Gasteiger partial charge >= 0.3 is 0 Å². The fourth-order valence-corrected chi connectivity index (χ4v) is 3.17. The minimum atomic E-state index is -0.731. The number of nitriles is 1. The van der Waals surface area contributed by atoms with Gasteiger partial charge in [-0.25, -0.2) is 0 Å². The van der Waals surface area contributed by atoms with E-state index < -0.39 is 10.8 Å². The van der Waals surface area contributed by atoms with Gasteiger partial charge in [-0.2, -0.15) is 5.26 Å². The highest BCUT2D eigenvalue weighted by Crippen LogP contribution is 2.29. The number of nitro benzene ring substituents is 1. The number of benzene rings is 3. The Kier molecular flexibility index (Phi) is 8.35. The van der Waals surface area contributed by atoms with E-state index in [0.29, 0.717) is 22.7 Å². The summed E-state index contributed by atoms with van der Waals surface area (Å²) in [6.45, 7) is 1.66. The van der Waals surface area contributed by atoms with Crippen molar-refractivity contribution in [2.45, 2.75) is 6.92 Å². The molecule has 0 saturated heterocycles. The largest absolute Gasteiger partial charge is 0.493 e. The van der Waals surface area contributed by atoms with Crippen LogP contribution in [0.25, 0.3) is 6.08 Å². The molecule has 0 unspecified atom stereocenters. The number of carbonyl (C=O) groups is 2. The molecule has 3 aromatic carbocycles. The first-order chi connectivity index (χ1) is 17.3. The Balaban J connectivity index is 1.69. The molecule has 0 spiro atoms. The number of nitrogens with one attached hydrogen (secondary N) is 2. The van der Waals surface area contributed by atoms with Crippen LogP contribution in [-0.2, 0) is 9.59 Å². The van der Waals surface area contributed by atoms with E-state index in [0.717, 1.165) is 5.56 Å². The van der Waals surface area contributed by atoms with Gasteiger partial charge < -0.3 is 20.1 Å².